The maximum absolute atomic E-state index is 2.52. The lowest BCUT2D eigenvalue weighted by Gasteiger charge is -2.24. The van der Waals surface area contributed by atoms with Crippen LogP contribution in [-0.4, -0.2) is 13.7 Å². The number of benzene rings is 8. The van der Waals surface area contributed by atoms with E-state index in [2.05, 4.69) is 168 Å². The second-order valence-electron chi connectivity index (χ2n) is 14.2. The smallest absolute Gasteiger partial charge is 0.0547 e. The summed E-state index contributed by atoms with van der Waals surface area (Å²) in [6.45, 7) is 6.93. The summed E-state index contributed by atoms with van der Waals surface area (Å²) in [7, 11) is 0. The van der Waals surface area contributed by atoms with E-state index in [4.69, 9.17) is 0 Å². The first-order valence-electron chi connectivity index (χ1n) is 16.5. The number of fused-ring (bicyclic) bond motifs is 3. The highest BCUT2D eigenvalue weighted by molar-refractivity contribution is 6.25. The van der Waals surface area contributed by atoms with Crippen molar-refractivity contribution in [3.05, 3.63) is 133 Å². The Hall–Kier alpha value is -5.80. The van der Waals surface area contributed by atoms with Crippen LogP contribution in [0.4, 0.5) is 0 Å². The highest BCUT2D eigenvalue weighted by Crippen LogP contribution is 2.43. The van der Waals surface area contributed by atoms with Crippen molar-refractivity contribution in [1.29, 1.82) is 0 Å². The molecule has 0 aliphatic heterocycles. The van der Waals surface area contributed by atoms with E-state index in [0.29, 0.717) is 0 Å². The Balaban J connectivity index is 1.24. The lowest BCUT2D eigenvalue weighted by Crippen LogP contribution is -2.21. The van der Waals surface area contributed by atoms with Crippen LogP contribution in [0.3, 0.4) is 0 Å². The van der Waals surface area contributed by atoms with Gasteiger partial charge in [0.2, 0.25) is 0 Å². The minimum atomic E-state index is -0.0921. The zero-order valence-corrected chi connectivity index (χ0v) is 26.5. The van der Waals surface area contributed by atoms with Gasteiger partial charge in [-0.3, -0.25) is 0 Å². The molecule has 0 aliphatic carbocycles. The molecule has 0 unspecified atom stereocenters. The molecule has 11 aromatic rings. The van der Waals surface area contributed by atoms with Gasteiger partial charge in [-0.25, -0.2) is 0 Å². The Labute approximate surface area is 271 Å². The van der Waals surface area contributed by atoms with Gasteiger partial charge in [0.05, 0.1) is 22.1 Å². The second kappa shape index (κ2) is 8.51. The highest BCUT2D eigenvalue weighted by atomic mass is 15.1. The summed E-state index contributed by atoms with van der Waals surface area (Å²) in [6, 6.07) is 50.0. The first kappa shape index (κ1) is 25.4. The molecular formula is C44H31N3. The molecule has 3 aromatic heterocycles. The Morgan fingerprint density at radius 1 is 0.362 bits per heavy atom. The van der Waals surface area contributed by atoms with Gasteiger partial charge < -0.3 is 13.7 Å². The van der Waals surface area contributed by atoms with E-state index in [1.165, 1.54) is 98.3 Å². The highest BCUT2D eigenvalue weighted by Gasteiger charge is 2.24. The van der Waals surface area contributed by atoms with Crippen LogP contribution in [0.1, 0.15) is 20.8 Å². The third kappa shape index (κ3) is 3.16. The molecule has 222 valence electrons. The monoisotopic (exact) mass is 601 g/mol. The van der Waals surface area contributed by atoms with Crippen LogP contribution < -0.4 is 0 Å². The average Bonchev–Trinajstić information content (AvgIpc) is 3.73. The van der Waals surface area contributed by atoms with Crippen LogP contribution in [0, 0.1) is 0 Å². The Morgan fingerprint density at radius 2 is 0.702 bits per heavy atom. The van der Waals surface area contributed by atoms with E-state index in [-0.39, 0.29) is 5.54 Å². The van der Waals surface area contributed by atoms with Crippen molar-refractivity contribution in [3.8, 4) is 11.4 Å². The minimum absolute atomic E-state index is 0.0921. The van der Waals surface area contributed by atoms with Gasteiger partial charge >= 0.3 is 0 Å². The fourth-order valence-corrected chi connectivity index (χ4v) is 8.80. The van der Waals surface area contributed by atoms with E-state index in [1.54, 1.807) is 0 Å². The van der Waals surface area contributed by atoms with Crippen LogP contribution in [0.2, 0.25) is 0 Å². The Kier molecular flexibility index (Phi) is 4.60. The predicted octanol–water partition coefficient (Wildman–Crippen LogP) is 11.9. The van der Waals surface area contributed by atoms with Crippen molar-refractivity contribution in [2.75, 3.05) is 0 Å². The van der Waals surface area contributed by atoms with E-state index in [1.807, 2.05) is 0 Å². The first-order valence-corrected chi connectivity index (χ1v) is 16.5. The van der Waals surface area contributed by atoms with Crippen molar-refractivity contribution in [2.24, 2.45) is 0 Å². The second-order valence-corrected chi connectivity index (χ2v) is 14.2. The third-order valence-electron chi connectivity index (χ3n) is 10.6. The van der Waals surface area contributed by atoms with Crippen molar-refractivity contribution >= 4 is 87.0 Å². The number of rotatable bonds is 2. The maximum Gasteiger partial charge on any atom is 0.0547 e. The normalized spacial score (nSPS) is 13.0. The quantitative estimate of drug-likeness (QED) is 0.175. The molecular weight excluding hydrogens is 571 g/mol. The molecule has 0 atom stereocenters. The minimum Gasteiger partial charge on any atom is -0.335 e. The molecule has 3 heterocycles. The lowest BCUT2D eigenvalue weighted by molar-refractivity contribution is 0.423. The fraction of sp³-hybridized carbons (Fsp3) is 0.0909. The standard InChI is InChI=1S/C44H31N3/c1-44(2,3)47-34-22-20-30(45-36-12-4-8-26-16-17-27-9-5-13-37(45)41(27)40(26)36)24-32(34)33-25-31(21-23-35(33)47)46-38-14-6-10-28-18-19-29-11-7-15-39(46)43(29)42(28)38/h4-25H,1-3H3. The average molecular weight is 602 g/mol. The number of hydrogen-bond donors (Lipinski definition) is 0. The van der Waals surface area contributed by atoms with Gasteiger partial charge in [-0.05, 0) is 103 Å². The molecule has 3 nitrogen and oxygen atoms in total. The summed E-state index contributed by atoms with van der Waals surface area (Å²) < 4.78 is 7.45. The van der Waals surface area contributed by atoms with Gasteiger partial charge in [-0.15, -0.1) is 0 Å². The van der Waals surface area contributed by atoms with Crippen LogP contribution >= 0.6 is 0 Å². The fourth-order valence-electron chi connectivity index (χ4n) is 8.80. The summed E-state index contributed by atoms with van der Waals surface area (Å²) in [4.78, 5) is 0. The SMILES string of the molecule is CC(C)(C)n1c2ccc(-n3c4cccc5ccc6cccc3c6c54)cc2c2cc(-n3c4cccc5ccc6cccc3c6c54)ccc21. The van der Waals surface area contributed by atoms with Crippen LogP contribution in [0.15, 0.2) is 133 Å². The summed E-state index contributed by atoms with van der Waals surface area (Å²) in [5, 5.41) is 13.1. The molecule has 0 fully saturated rings. The van der Waals surface area contributed by atoms with E-state index < -0.39 is 0 Å². The molecule has 3 heteroatoms. The molecule has 0 aliphatic rings. The summed E-state index contributed by atoms with van der Waals surface area (Å²) in [6.07, 6.45) is 0. The lowest BCUT2D eigenvalue weighted by atomic mass is 10.0. The molecule has 0 saturated heterocycles. The topological polar surface area (TPSA) is 14.8 Å². The molecule has 47 heavy (non-hydrogen) atoms. The number of hydrogen-bond acceptors (Lipinski definition) is 0. The molecule has 0 radical (unpaired) electrons. The Morgan fingerprint density at radius 3 is 1.02 bits per heavy atom. The Bertz CT molecular complexity index is 2710. The predicted molar refractivity (Wildman–Crippen MR) is 201 cm³/mol. The van der Waals surface area contributed by atoms with Crippen molar-refractivity contribution < 1.29 is 0 Å². The molecule has 0 N–H and O–H groups in total. The van der Waals surface area contributed by atoms with Crippen molar-refractivity contribution in [1.82, 2.24) is 13.7 Å². The zero-order chi connectivity index (χ0) is 31.2. The maximum atomic E-state index is 2.52. The first-order chi connectivity index (χ1) is 23.0. The van der Waals surface area contributed by atoms with E-state index in [9.17, 15) is 0 Å². The zero-order valence-electron chi connectivity index (χ0n) is 26.5. The van der Waals surface area contributed by atoms with Gasteiger partial charge in [-0.2, -0.15) is 0 Å². The van der Waals surface area contributed by atoms with Crippen LogP contribution in [0.25, 0.3) is 98.3 Å². The van der Waals surface area contributed by atoms with E-state index in [0.717, 1.165) is 0 Å². The van der Waals surface area contributed by atoms with Gasteiger partial charge in [-0.1, -0.05) is 72.8 Å². The summed E-state index contributed by atoms with van der Waals surface area (Å²) in [5.41, 5.74) is 9.83. The van der Waals surface area contributed by atoms with Gasteiger partial charge in [0, 0.05) is 60.3 Å². The van der Waals surface area contributed by atoms with Crippen LogP contribution in [0.5, 0.6) is 0 Å². The summed E-state index contributed by atoms with van der Waals surface area (Å²) >= 11 is 0. The van der Waals surface area contributed by atoms with Crippen molar-refractivity contribution in [3.63, 3.8) is 0 Å². The van der Waals surface area contributed by atoms with Crippen LogP contribution in [-0.2, 0) is 5.54 Å². The summed E-state index contributed by atoms with van der Waals surface area (Å²) in [5.74, 6) is 0. The number of nitrogens with zero attached hydrogens (tertiary/aromatic N) is 3. The third-order valence-corrected chi connectivity index (χ3v) is 10.6. The van der Waals surface area contributed by atoms with Gasteiger partial charge in [0.1, 0.15) is 0 Å². The molecule has 0 saturated carbocycles. The molecule has 8 aromatic carbocycles. The molecule has 0 bridgehead atoms. The van der Waals surface area contributed by atoms with E-state index >= 15 is 0 Å². The molecule has 11 rings (SSSR count). The number of aromatic nitrogens is 3. The largest absolute Gasteiger partial charge is 0.335 e. The molecule has 0 amide bonds. The van der Waals surface area contributed by atoms with Crippen molar-refractivity contribution in [2.45, 2.75) is 26.3 Å². The van der Waals surface area contributed by atoms with Gasteiger partial charge in [0.15, 0.2) is 0 Å². The molecule has 0 spiro atoms. The van der Waals surface area contributed by atoms with Gasteiger partial charge in [0.25, 0.3) is 0 Å².